The summed E-state index contributed by atoms with van der Waals surface area (Å²) in [6.45, 7) is 0.757. The molecule has 1 saturated carbocycles. The summed E-state index contributed by atoms with van der Waals surface area (Å²) in [6, 6.07) is 15.5. The fourth-order valence-electron chi connectivity index (χ4n) is 5.30. The van der Waals surface area contributed by atoms with Crippen molar-refractivity contribution < 1.29 is 14.3 Å². The summed E-state index contributed by atoms with van der Waals surface area (Å²) < 4.78 is 5.25. The molecule has 3 aliphatic rings. The highest BCUT2D eigenvalue weighted by molar-refractivity contribution is 6.47. The van der Waals surface area contributed by atoms with Crippen molar-refractivity contribution in [3.8, 4) is 5.75 Å². The van der Waals surface area contributed by atoms with Crippen molar-refractivity contribution in [2.45, 2.75) is 50.6 Å². The SMILES string of the molecule is COc1ccc(C2=NC3(CCCCC3)N(CC(=O)N3CCCc4ccccc43)C2=O)cc1. The highest BCUT2D eigenvalue weighted by Gasteiger charge is 2.48. The lowest BCUT2D eigenvalue weighted by molar-refractivity contribution is -0.134. The number of aryl methyl sites for hydroxylation is 1. The standard InChI is InChI=1S/C26H29N3O3/c1-32-21-13-11-20(12-14-21)24-25(31)29(26(27-24)15-5-2-6-16-26)18-23(30)28-17-7-9-19-8-3-4-10-22(19)28/h3-4,8,10-14H,2,5-7,9,15-18H2,1H3. The molecule has 2 aromatic carbocycles. The van der Waals surface area contributed by atoms with E-state index < -0.39 is 5.66 Å². The largest absolute Gasteiger partial charge is 0.497 e. The van der Waals surface area contributed by atoms with Gasteiger partial charge in [-0.2, -0.15) is 0 Å². The summed E-state index contributed by atoms with van der Waals surface area (Å²) >= 11 is 0. The summed E-state index contributed by atoms with van der Waals surface area (Å²) in [6.07, 6.45) is 6.72. The number of anilines is 1. The van der Waals surface area contributed by atoms with Gasteiger partial charge in [-0.25, -0.2) is 0 Å². The summed E-state index contributed by atoms with van der Waals surface area (Å²) in [5.74, 6) is 0.570. The van der Waals surface area contributed by atoms with Crippen LogP contribution in [0.3, 0.4) is 0 Å². The van der Waals surface area contributed by atoms with Crippen molar-refractivity contribution in [1.82, 2.24) is 4.90 Å². The Morgan fingerprint density at radius 1 is 1.03 bits per heavy atom. The number of para-hydroxylation sites is 1. The van der Waals surface area contributed by atoms with Crippen LogP contribution in [0, 0.1) is 0 Å². The van der Waals surface area contributed by atoms with E-state index in [9.17, 15) is 9.59 Å². The Balaban J connectivity index is 1.44. The summed E-state index contributed by atoms with van der Waals surface area (Å²) in [5.41, 5.74) is 2.81. The summed E-state index contributed by atoms with van der Waals surface area (Å²) in [4.78, 5) is 35.7. The maximum Gasteiger partial charge on any atom is 0.275 e. The van der Waals surface area contributed by atoms with Gasteiger partial charge in [0.15, 0.2) is 0 Å². The Hall–Kier alpha value is -3.15. The lowest BCUT2D eigenvalue weighted by Crippen LogP contribution is -2.53. The van der Waals surface area contributed by atoms with Gasteiger partial charge in [0, 0.05) is 17.8 Å². The molecule has 0 N–H and O–H groups in total. The number of hydrogen-bond acceptors (Lipinski definition) is 4. The molecule has 32 heavy (non-hydrogen) atoms. The van der Waals surface area contributed by atoms with Crippen molar-refractivity contribution >= 4 is 23.2 Å². The quantitative estimate of drug-likeness (QED) is 0.736. The highest BCUT2D eigenvalue weighted by Crippen LogP contribution is 2.40. The fourth-order valence-corrected chi connectivity index (χ4v) is 5.30. The first-order chi connectivity index (χ1) is 15.6. The monoisotopic (exact) mass is 431 g/mol. The van der Waals surface area contributed by atoms with Crippen LogP contribution in [-0.2, 0) is 16.0 Å². The first kappa shape index (κ1) is 20.7. The lowest BCUT2D eigenvalue weighted by atomic mass is 9.88. The first-order valence-corrected chi connectivity index (χ1v) is 11.6. The summed E-state index contributed by atoms with van der Waals surface area (Å²) in [7, 11) is 1.62. The Labute approximate surface area is 188 Å². The number of ether oxygens (including phenoxy) is 1. The minimum absolute atomic E-state index is 0.0263. The third kappa shape index (κ3) is 3.57. The second-order valence-corrected chi connectivity index (χ2v) is 8.90. The molecular weight excluding hydrogens is 402 g/mol. The number of carbonyl (C=O) groups is 2. The van der Waals surface area contributed by atoms with Gasteiger partial charge in [0.1, 0.15) is 23.7 Å². The molecule has 0 radical (unpaired) electrons. The molecule has 1 spiro atoms. The molecule has 0 unspecified atom stereocenters. The van der Waals surface area contributed by atoms with Gasteiger partial charge in [-0.1, -0.05) is 24.6 Å². The third-order valence-electron chi connectivity index (χ3n) is 6.99. The fraction of sp³-hybridized carbons (Fsp3) is 0.423. The van der Waals surface area contributed by atoms with Gasteiger partial charge in [-0.05, 0) is 74.4 Å². The van der Waals surface area contributed by atoms with Crippen LogP contribution in [0.2, 0.25) is 0 Å². The third-order valence-corrected chi connectivity index (χ3v) is 6.99. The van der Waals surface area contributed by atoms with Crippen molar-refractivity contribution in [3.05, 3.63) is 59.7 Å². The first-order valence-electron chi connectivity index (χ1n) is 11.6. The number of rotatable bonds is 4. The average Bonchev–Trinajstić information content (AvgIpc) is 3.10. The van der Waals surface area contributed by atoms with Crippen molar-refractivity contribution in [2.75, 3.05) is 25.1 Å². The van der Waals surface area contributed by atoms with Crippen LogP contribution < -0.4 is 9.64 Å². The second kappa shape index (κ2) is 8.41. The summed E-state index contributed by atoms with van der Waals surface area (Å²) in [5, 5.41) is 0. The maximum atomic E-state index is 13.6. The zero-order chi connectivity index (χ0) is 22.1. The molecule has 2 heterocycles. The van der Waals surface area contributed by atoms with Gasteiger partial charge in [-0.15, -0.1) is 0 Å². The predicted molar refractivity (Wildman–Crippen MR) is 124 cm³/mol. The molecule has 6 nitrogen and oxygen atoms in total. The lowest BCUT2D eigenvalue weighted by Gasteiger charge is -2.40. The Morgan fingerprint density at radius 2 is 1.78 bits per heavy atom. The number of benzene rings is 2. The number of aliphatic imine (C=N–C) groups is 1. The highest BCUT2D eigenvalue weighted by atomic mass is 16.5. The van der Waals surface area contributed by atoms with Crippen LogP contribution in [0.5, 0.6) is 5.75 Å². The van der Waals surface area contributed by atoms with Gasteiger partial charge < -0.3 is 14.5 Å². The van der Waals surface area contributed by atoms with Gasteiger partial charge >= 0.3 is 0 Å². The normalized spacial score (nSPS) is 19.7. The van der Waals surface area contributed by atoms with Crippen molar-refractivity contribution in [3.63, 3.8) is 0 Å². The zero-order valence-corrected chi connectivity index (χ0v) is 18.5. The Kier molecular flexibility index (Phi) is 5.45. The Bertz CT molecular complexity index is 1050. The molecule has 5 rings (SSSR count). The molecule has 0 atom stereocenters. The van der Waals surface area contributed by atoms with Crippen molar-refractivity contribution in [1.29, 1.82) is 0 Å². The molecule has 166 valence electrons. The number of fused-ring (bicyclic) bond motifs is 1. The second-order valence-electron chi connectivity index (χ2n) is 8.90. The number of methoxy groups -OCH3 is 1. The number of hydrogen-bond donors (Lipinski definition) is 0. The molecule has 0 saturated heterocycles. The molecule has 0 aromatic heterocycles. The van der Waals surface area contributed by atoms with E-state index in [1.165, 1.54) is 5.56 Å². The number of carbonyl (C=O) groups excluding carboxylic acids is 2. The van der Waals surface area contributed by atoms with E-state index in [1.54, 1.807) is 12.0 Å². The van der Waals surface area contributed by atoms with Crippen molar-refractivity contribution in [2.24, 2.45) is 4.99 Å². The van der Waals surface area contributed by atoms with E-state index >= 15 is 0 Å². The van der Waals surface area contributed by atoms with Crippen LogP contribution in [0.15, 0.2) is 53.5 Å². The van der Waals surface area contributed by atoms with Gasteiger partial charge in [0.25, 0.3) is 5.91 Å². The Morgan fingerprint density at radius 3 is 2.53 bits per heavy atom. The van der Waals surface area contributed by atoms with Gasteiger partial charge in [0.05, 0.1) is 7.11 Å². The zero-order valence-electron chi connectivity index (χ0n) is 18.5. The van der Waals surface area contributed by atoms with E-state index in [2.05, 4.69) is 6.07 Å². The molecular formula is C26H29N3O3. The van der Waals surface area contributed by atoms with Crippen LogP contribution >= 0.6 is 0 Å². The number of amides is 2. The topological polar surface area (TPSA) is 62.2 Å². The van der Waals surface area contributed by atoms with E-state index in [0.717, 1.165) is 61.9 Å². The van der Waals surface area contributed by atoms with Crippen LogP contribution in [0.1, 0.15) is 49.7 Å². The molecule has 2 aliphatic heterocycles. The molecule has 2 aromatic rings. The van der Waals surface area contributed by atoms with E-state index in [0.29, 0.717) is 12.3 Å². The molecule has 2 amide bonds. The molecule has 1 fully saturated rings. The average molecular weight is 432 g/mol. The maximum absolute atomic E-state index is 13.6. The van der Waals surface area contributed by atoms with Crippen LogP contribution in [0.25, 0.3) is 0 Å². The van der Waals surface area contributed by atoms with Gasteiger partial charge in [-0.3, -0.25) is 14.6 Å². The smallest absolute Gasteiger partial charge is 0.275 e. The number of nitrogens with zero attached hydrogens (tertiary/aromatic N) is 3. The van der Waals surface area contributed by atoms with E-state index in [1.807, 2.05) is 47.4 Å². The van der Waals surface area contributed by atoms with Gasteiger partial charge in [0.2, 0.25) is 5.91 Å². The van der Waals surface area contributed by atoms with Crippen LogP contribution in [-0.4, -0.2) is 48.3 Å². The molecule has 0 bridgehead atoms. The van der Waals surface area contributed by atoms with E-state index in [-0.39, 0.29) is 18.4 Å². The molecule has 1 aliphatic carbocycles. The van der Waals surface area contributed by atoms with Crippen LogP contribution in [0.4, 0.5) is 5.69 Å². The molecule has 6 heteroatoms. The van der Waals surface area contributed by atoms with E-state index in [4.69, 9.17) is 9.73 Å². The predicted octanol–water partition coefficient (Wildman–Crippen LogP) is 3.97. The minimum Gasteiger partial charge on any atom is -0.497 e. The minimum atomic E-state index is -0.602.